The molecular weight excluding hydrogens is 212 g/mol. The fraction of sp³-hybridized carbons (Fsp3) is 0.400. The van der Waals surface area contributed by atoms with E-state index < -0.39 is 0 Å². The van der Waals surface area contributed by atoms with Gasteiger partial charge < -0.3 is 9.30 Å². The number of aryl methyl sites for hydroxylation is 1. The summed E-state index contributed by atoms with van der Waals surface area (Å²) < 4.78 is 6.68. The van der Waals surface area contributed by atoms with Crippen molar-refractivity contribution in [3.63, 3.8) is 0 Å². The number of imidazole rings is 1. The van der Waals surface area contributed by atoms with E-state index in [4.69, 9.17) is 4.74 Å². The molecule has 0 aliphatic carbocycles. The van der Waals surface area contributed by atoms with Crippen LogP contribution in [0.5, 0.6) is 0 Å². The maximum atomic E-state index is 10.9. The van der Waals surface area contributed by atoms with E-state index in [1.54, 1.807) is 31.0 Å². The second-order valence-electron chi connectivity index (χ2n) is 2.79. The van der Waals surface area contributed by atoms with Crippen LogP contribution >= 0.6 is 11.8 Å². The van der Waals surface area contributed by atoms with Gasteiger partial charge in [0.1, 0.15) is 0 Å². The van der Waals surface area contributed by atoms with Crippen molar-refractivity contribution in [1.29, 1.82) is 0 Å². The molecule has 82 valence electrons. The molecular formula is C10H14N2O2S. The Morgan fingerprint density at radius 2 is 2.53 bits per heavy atom. The summed E-state index contributed by atoms with van der Waals surface area (Å²) in [5, 5.41) is 0.934. The highest BCUT2D eigenvalue weighted by Crippen LogP contribution is 2.13. The molecule has 0 unspecified atom stereocenters. The summed E-state index contributed by atoms with van der Waals surface area (Å²) in [5.74, 6) is 0.418. The molecule has 0 N–H and O–H groups in total. The van der Waals surface area contributed by atoms with Gasteiger partial charge in [-0.3, -0.25) is 0 Å². The van der Waals surface area contributed by atoms with Gasteiger partial charge >= 0.3 is 5.97 Å². The van der Waals surface area contributed by atoms with Gasteiger partial charge in [0.25, 0.3) is 0 Å². The Balaban J connectivity index is 2.27. The third kappa shape index (κ3) is 4.20. The summed E-state index contributed by atoms with van der Waals surface area (Å²) in [6.45, 7) is 2.20. The van der Waals surface area contributed by atoms with Gasteiger partial charge in [0.05, 0.1) is 6.61 Å². The lowest BCUT2D eigenvalue weighted by molar-refractivity contribution is -0.137. The molecule has 0 aliphatic rings. The van der Waals surface area contributed by atoms with Gasteiger partial charge in [0, 0.05) is 31.3 Å². The first kappa shape index (κ1) is 11.8. The Hall–Kier alpha value is -1.23. The van der Waals surface area contributed by atoms with Crippen LogP contribution in [0, 0.1) is 0 Å². The van der Waals surface area contributed by atoms with Gasteiger partial charge in [-0.05, 0) is 6.92 Å². The van der Waals surface area contributed by atoms with E-state index in [0.717, 1.165) is 5.16 Å². The normalized spacial score (nSPS) is 10.8. The van der Waals surface area contributed by atoms with Crippen LogP contribution in [-0.2, 0) is 16.6 Å². The van der Waals surface area contributed by atoms with E-state index in [1.807, 2.05) is 17.8 Å². The number of ether oxygens (including phenoxy) is 1. The van der Waals surface area contributed by atoms with Crippen LogP contribution in [0.3, 0.4) is 0 Å². The van der Waals surface area contributed by atoms with Crippen molar-refractivity contribution < 1.29 is 9.53 Å². The van der Waals surface area contributed by atoms with Crippen LogP contribution in [0.25, 0.3) is 0 Å². The van der Waals surface area contributed by atoms with Gasteiger partial charge in [0.2, 0.25) is 0 Å². The lowest BCUT2D eigenvalue weighted by atomic mass is 10.5. The zero-order chi connectivity index (χ0) is 11.1. The maximum Gasteiger partial charge on any atom is 0.330 e. The van der Waals surface area contributed by atoms with Crippen LogP contribution < -0.4 is 0 Å². The van der Waals surface area contributed by atoms with Gasteiger partial charge in [-0.2, -0.15) is 0 Å². The molecule has 1 aromatic rings. The minimum Gasteiger partial charge on any atom is -0.463 e. The van der Waals surface area contributed by atoms with E-state index in [-0.39, 0.29) is 5.97 Å². The first-order valence-electron chi connectivity index (χ1n) is 4.67. The molecule has 0 bridgehead atoms. The molecule has 5 heteroatoms. The van der Waals surface area contributed by atoms with Crippen molar-refractivity contribution in [2.45, 2.75) is 12.1 Å². The van der Waals surface area contributed by atoms with Gasteiger partial charge in [-0.15, -0.1) is 0 Å². The predicted octanol–water partition coefficient (Wildman–Crippen LogP) is 1.63. The van der Waals surface area contributed by atoms with Crippen LogP contribution in [0.4, 0.5) is 0 Å². The number of carbonyl (C=O) groups excluding carboxylic acids is 1. The van der Waals surface area contributed by atoms with Crippen molar-refractivity contribution in [3.05, 3.63) is 24.5 Å². The van der Waals surface area contributed by atoms with Gasteiger partial charge in [0.15, 0.2) is 5.16 Å². The number of carbonyl (C=O) groups is 1. The molecule has 0 fully saturated rings. The summed E-state index contributed by atoms with van der Waals surface area (Å²) in [6, 6.07) is 0. The third-order valence-electron chi connectivity index (χ3n) is 1.63. The molecule has 0 spiro atoms. The Kier molecular flexibility index (Phi) is 4.97. The first-order chi connectivity index (χ1) is 7.24. The van der Waals surface area contributed by atoms with E-state index in [1.165, 1.54) is 6.08 Å². The number of esters is 1. The highest BCUT2D eigenvalue weighted by atomic mass is 32.2. The SMILES string of the molecule is CCOC(=O)/C=C/CSc1nccn1C. The topological polar surface area (TPSA) is 44.1 Å². The highest BCUT2D eigenvalue weighted by Gasteiger charge is 1.97. The molecule has 4 nitrogen and oxygen atoms in total. The first-order valence-corrected chi connectivity index (χ1v) is 5.66. The highest BCUT2D eigenvalue weighted by molar-refractivity contribution is 7.99. The van der Waals surface area contributed by atoms with Crippen molar-refractivity contribution in [2.75, 3.05) is 12.4 Å². The Labute approximate surface area is 93.3 Å². The number of thioether (sulfide) groups is 1. The van der Waals surface area contributed by atoms with Crippen molar-refractivity contribution >= 4 is 17.7 Å². The summed E-state index contributed by atoms with van der Waals surface area (Å²) in [5.41, 5.74) is 0. The summed E-state index contributed by atoms with van der Waals surface area (Å²) in [4.78, 5) is 15.1. The van der Waals surface area contributed by atoms with E-state index in [9.17, 15) is 4.79 Å². The van der Waals surface area contributed by atoms with Gasteiger partial charge in [-0.25, -0.2) is 9.78 Å². The maximum absolute atomic E-state index is 10.9. The molecule has 0 amide bonds. The minimum atomic E-state index is -0.294. The molecule has 0 aromatic carbocycles. The zero-order valence-corrected chi connectivity index (χ0v) is 9.66. The third-order valence-corrected chi connectivity index (χ3v) is 2.64. The summed E-state index contributed by atoms with van der Waals surface area (Å²) >= 11 is 1.57. The number of nitrogens with zero attached hydrogens (tertiary/aromatic N) is 2. The monoisotopic (exact) mass is 226 g/mol. The van der Waals surface area contributed by atoms with Crippen LogP contribution in [-0.4, -0.2) is 27.9 Å². The molecule has 0 aliphatic heterocycles. The largest absolute Gasteiger partial charge is 0.463 e. The van der Waals surface area contributed by atoms with Crippen molar-refractivity contribution in [3.8, 4) is 0 Å². The predicted molar refractivity (Wildman–Crippen MR) is 59.7 cm³/mol. The Morgan fingerprint density at radius 3 is 3.13 bits per heavy atom. The average Bonchev–Trinajstić information content (AvgIpc) is 2.60. The fourth-order valence-corrected chi connectivity index (χ4v) is 1.69. The molecule has 1 rings (SSSR count). The van der Waals surface area contributed by atoms with E-state index in [0.29, 0.717) is 12.4 Å². The lowest BCUT2D eigenvalue weighted by Crippen LogP contribution is -1.99. The van der Waals surface area contributed by atoms with Gasteiger partial charge in [-0.1, -0.05) is 17.8 Å². The second kappa shape index (κ2) is 6.29. The molecule has 0 saturated heterocycles. The van der Waals surface area contributed by atoms with Crippen LogP contribution in [0.15, 0.2) is 29.7 Å². The lowest BCUT2D eigenvalue weighted by Gasteiger charge is -1.97. The molecule has 0 radical (unpaired) electrons. The van der Waals surface area contributed by atoms with E-state index in [2.05, 4.69) is 4.98 Å². The van der Waals surface area contributed by atoms with Crippen molar-refractivity contribution in [2.24, 2.45) is 7.05 Å². The molecule has 1 heterocycles. The number of hydrogen-bond acceptors (Lipinski definition) is 4. The number of rotatable bonds is 5. The molecule has 15 heavy (non-hydrogen) atoms. The number of aromatic nitrogens is 2. The average molecular weight is 226 g/mol. The summed E-state index contributed by atoms with van der Waals surface area (Å²) in [7, 11) is 1.93. The zero-order valence-electron chi connectivity index (χ0n) is 8.84. The fourth-order valence-electron chi connectivity index (χ4n) is 0.948. The quantitative estimate of drug-likeness (QED) is 0.435. The van der Waals surface area contributed by atoms with Crippen molar-refractivity contribution in [1.82, 2.24) is 9.55 Å². The Morgan fingerprint density at radius 1 is 1.73 bits per heavy atom. The molecule has 1 aromatic heterocycles. The van der Waals surface area contributed by atoms with Crippen LogP contribution in [0.2, 0.25) is 0 Å². The minimum absolute atomic E-state index is 0.294. The van der Waals surface area contributed by atoms with Crippen LogP contribution in [0.1, 0.15) is 6.92 Å². The smallest absolute Gasteiger partial charge is 0.330 e. The number of hydrogen-bond donors (Lipinski definition) is 0. The standard InChI is InChI=1S/C10H14N2O2S/c1-3-14-9(13)5-4-8-15-10-11-6-7-12(10)2/h4-7H,3,8H2,1-2H3/b5-4+. The second-order valence-corrected chi connectivity index (χ2v) is 3.77. The summed E-state index contributed by atoms with van der Waals surface area (Å²) in [6.07, 6.45) is 6.85. The molecule has 0 saturated carbocycles. The molecule has 0 atom stereocenters. The Bertz CT molecular complexity index is 347. The van der Waals surface area contributed by atoms with E-state index >= 15 is 0 Å².